The first-order chi connectivity index (χ1) is 17.1. The Hall–Kier alpha value is -3.26. The summed E-state index contributed by atoms with van der Waals surface area (Å²) in [5.74, 6) is 2.10. The number of hydrogen-bond donors (Lipinski definition) is 2. The SMILES string of the molecule is O=C(C1CCCOC1)N1CCCc2cc3c(cc2CCc2cc(ccc2O)CC1)OCO3.O=CO. The summed E-state index contributed by atoms with van der Waals surface area (Å²) in [6, 6.07) is 10.0. The first-order valence-electron chi connectivity index (χ1n) is 12.3. The van der Waals surface area contributed by atoms with E-state index >= 15 is 0 Å². The van der Waals surface area contributed by atoms with Crippen LogP contribution in [0.1, 0.15) is 41.5 Å². The molecular formula is C27H33NO7. The summed E-state index contributed by atoms with van der Waals surface area (Å²) >= 11 is 0. The molecule has 1 atom stereocenters. The molecule has 0 saturated carbocycles. The van der Waals surface area contributed by atoms with Crippen molar-refractivity contribution in [3.8, 4) is 17.2 Å². The third kappa shape index (κ3) is 6.25. The molecule has 0 spiro atoms. The molecule has 2 aromatic carbocycles. The molecular weight excluding hydrogens is 450 g/mol. The standard InChI is InChI=1S/C26H31NO5.CH2O2/c28-23-8-5-18-9-11-27(26(29)22-4-2-12-30-16-22)10-1-3-19-14-24-25(32-17-31-24)15-20(19)6-7-21(23)13-18;2-1-3/h5,8,13-15,22,28H,1-4,6-7,9-12,16-17H2;1H,(H,2,3). The van der Waals surface area contributed by atoms with Gasteiger partial charge in [0.1, 0.15) is 5.75 Å². The second-order valence-electron chi connectivity index (χ2n) is 9.14. The largest absolute Gasteiger partial charge is 0.508 e. The van der Waals surface area contributed by atoms with Gasteiger partial charge in [0.2, 0.25) is 12.7 Å². The van der Waals surface area contributed by atoms with Gasteiger partial charge in [-0.2, -0.15) is 0 Å². The van der Waals surface area contributed by atoms with Crippen molar-refractivity contribution in [3.63, 3.8) is 0 Å². The van der Waals surface area contributed by atoms with E-state index in [1.54, 1.807) is 6.07 Å². The van der Waals surface area contributed by atoms with Crippen LogP contribution in [0, 0.1) is 5.92 Å². The fourth-order valence-electron chi connectivity index (χ4n) is 5.01. The van der Waals surface area contributed by atoms with E-state index in [0.29, 0.717) is 18.9 Å². The maximum atomic E-state index is 13.3. The zero-order chi connectivity index (χ0) is 24.6. The minimum atomic E-state index is -0.250. The van der Waals surface area contributed by atoms with Gasteiger partial charge < -0.3 is 29.3 Å². The number of fused-ring (bicyclic) bond motifs is 4. The number of carbonyl (C=O) groups is 2. The summed E-state index contributed by atoms with van der Waals surface area (Å²) in [4.78, 5) is 23.7. The Balaban J connectivity index is 0.000000917. The monoisotopic (exact) mass is 483 g/mol. The number of hydrogen-bond acceptors (Lipinski definition) is 6. The van der Waals surface area contributed by atoms with Crippen molar-refractivity contribution in [1.29, 1.82) is 0 Å². The van der Waals surface area contributed by atoms with E-state index in [2.05, 4.69) is 18.2 Å². The highest BCUT2D eigenvalue weighted by Gasteiger charge is 2.27. The summed E-state index contributed by atoms with van der Waals surface area (Å²) in [6.07, 6.45) is 6.00. The van der Waals surface area contributed by atoms with Crippen molar-refractivity contribution in [2.75, 3.05) is 33.1 Å². The number of nitrogens with zero attached hydrogens (tertiary/aromatic N) is 1. The van der Waals surface area contributed by atoms with Crippen LogP contribution in [0.5, 0.6) is 17.2 Å². The molecule has 0 aromatic heterocycles. The number of carboxylic acid groups (broad SMARTS) is 1. The van der Waals surface area contributed by atoms with E-state index in [1.807, 2.05) is 11.0 Å². The van der Waals surface area contributed by atoms with Gasteiger partial charge in [0.25, 0.3) is 6.47 Å². The lowest BCUT2D eigenvalue weighted by Gasteiger charge is -2.29. The van der Waals surface area contributed by atoms with Crippen molar-refractivity contribution in [2.24, 2.45) is 5.92 Å². The molecule has 1 saturated heterocycles. The Morgan fingerprint density at radius 1 is 0.943 bits per heavy atom. The predicted molar refractivity (Wildman–Crippen MR) is 129 cm³/mol. The molecule has 5 rings (SSSR count). The van der Waals surface area contributed by atoms with E-state index in [9.17, 15) is 9.90 Å². The number of ether oxygens (including phenoxy) is 3. The van der Waals surface area contributed by atoms with Crippen molar-refractivity contribution < 1.29 is 34.0 Å². The van der Waals surface area contributed by atoms with Crippen LogP contribution in [0.2, 0.25) is 0 Å². The Bertz CT molecular complexity index is 1030. The Morgan fingerprint density at radius 3 is 2.37 bits per heavy atom. The van der Waals surface area contributed by atoms with Gasteiger partial charge in [-0.1, -0.05) is 12.1 Å². The first-order valence-corrected chi connectivity index (χ1v) is 12.3. The van der Waals surface area contributed by atoms with Crippen LogP contribution < -0.4 is 9.47 Å². The average Bonchev–Trinajstić information content (AvgIpc) is 3.33. The van der Waals surface area contributed by atoms with Crippen LogP contribution >= 0.6 is 0 Å². The average molecular weight is 484 g/mol. The van der Waals surface area contributed by atoms with Crippen LogP contribution in [0.15, 0.2) is 30.3 Å². The molecule has 188 valence electrons. The molecule has 35 heavy (non-hydrogen) atoms. The number of phenolic OH excluding ortho intramolecular Hbond substituents is 1. The topological polar surface area (TPSA) is 106 Å². The van der Waals surface area contributed by atoms with E-state index < -0.39 is 0 Å². The Morgan fingerprint density at radius 2 is 1.66 bits per heavy atom. The molecule has 8 nitrogen and oxygen atoms in total. The highest BCUT2D eigenvalue weighted by atomic mass is 16.7. The molecule has 0 aliphatic carbocycles. The quantitative estimate of drug-likeness (QED) is 0.599. The number of rotatable bonds is 1. The molecule has 1 unspecified atom stereocenters. The zero-order valence-electron chi connectivity index (χ0n) is 19.9. The van der Waals surface area contributed by atoms with Crippen molar-refractivity contribution in [2.45, 2.75) is 44.9 Å². The van der Waals surface area contributed by atoms with Crippen molar-refractivity contribution in [1.82, 2.24) is 4.90 Å². The first kappa shape index (κ1) is 24.9. The molecule has 3 aliphatic heterocycles. The van der Waals surface area contributed by atoms with Crippen molar-refractivity contribution in [3.05, 3.63) is 52.6 Å². The van der Waals surface area contributed by atoms with E-state index in [0.717, 1.165) is 80.7 Å². The fourth-order valence-corrected chi connectivity index (χ4v) is 5.01. The van der Waals surface area contributed by atoms with Crippen LogP contribution in [0.3, 0.4) is 0 Å². The second-order valence-corrected chi connectivity index (χ2v) is 9.14. The molecule has 2 N–H and O–H groups in total. The minimum Gasteiger partial charge on any atom is -0.508 e. The van der Waals surface area contributed by atoms with Gasteiger partial charge >= 0.3 is 0 Å². The van der Waals surface area contributed by atoms with Crippen molar-refractivity contribution >= 4 is 12.4 Å². The summed E-state index contributed by atoms with van der Waals surface area (Å²) in [7, 11) is 0. The molecule has 3 aliphatic rings. The maximum absolute atomic E-state index is 13.3. The highest BCUT2D eigenvalue weighted by Crippen LogP contribution is 2.36. The number of phenols is 1. The number of carbonyl (C=O) groups excluding carboxylic acids is 1. The summed E-state index contributed by atoms with van der Waals surface area (Å²) in [5.41, 5.74) is 4.55. The molecule has 2 aromatic rings. The highest BCUT2D eigenvalue weighted by molar-refractivity contribution is 5.79. The predicted octanol–water partition coefficient (Wildman–Crippen LogP) is 3.35. The number of aromatic hydroxyl groups is 1. The third-order valence-electron chi connectivity index (χ3n) is 6.87. The van der Waals surface area contributed by atoms with E-state index in [-0.39, 0.29) is 25.1 Å². The Kier molecular flexibility index (Phi) is 8.47. The molecule has 8 heteroatoms. The van der Waals surface area contributed by atoms with E-state index in [1.165, 1.54) is 11.1 Å². The second kappa shape index (κ2) is 11.9. The zero-order valence-corrected chi connectivity index (χ0v) is 19.9. The number of aryl methyl sites for hydroxylation is 3. The summed E-state index contributed by atoms with van der Waals surface area (Å²) in [5, 5.41) is 17.3. The van der Waals surface area contributed by atoms with Gasteiger partial charge in [-0.3, -0.25) is 9.59 Å². The van der Waals surface area contributed by atoms with Crippen LogP contribution in [0.4, 0.5) is 0 Å². The molecule has 0 radical (unpaired) electrons. The molecule has 1 fully saturated rings. The van der Waals surface area contributed by atoms with Gasteiger partial charge in [0.15, 0.2) is 11.5 Å². The fraction of sp³-hybridized carbons (Fsp3) is 0.481. The van der Waals surface area contributed by atoms with Crippen LogP contribution in [-0.2, 0) is 40.0 Å². The normalized spacial score (nSPS) is 19.7. The molecule has 1 amide bonds. The van der Waals surface area contributed by atoms with Gasteiger partial charge in [0, 0.05) is 19.7 Å². The van der Waals surface area contributed by atoms with Gasteiger partial charge in [0.05, 0.1) is 12.5 Å². The van der Waals surface area contributed by atoms with Crippen LogP contribution in [0.25, 0.3) is 0 Å². The molecule has 3 heterocycles. The van der Waals surface area contributed by atoms with Gasteiger partial charge in [-0.15, -0.1) is 0 Å². The lowest BCUT2D eigenvalue weighted by Crippen LogP contribution is -2.41. The Labute approximate surface area is 205 Å². The minimum absolute atomic E-state index is 0.0316. The number of amides is 1. The lowest BCUT2D eigenvalue weighted by molar-refractivity contribution is -0.139. The summed E-state index contributed by atoms with van der Waals surface area (Å²) in [6.45, 7) is 2.71. The van der Waals surface area contributed by atoms with Gasteiger partial charge in [-0.25, -0.2) is 0 Å². The third-order valence-corrected chi connectivity index (χ3v) is 6.87. The molecule has 2 bridgehead atoms. The number of benzene rings is 2. The van der Waals surface area contributed by atoms with E-state index in [4.69, 9.17) is 24.1 Å². The lowest BCUT2D eigenvalue weighted by atomic mass is 9.95. The van der Waals surface area contributed by atoms with Crippen LogP contribution in [-0.4, -0.2) is 60.6 Å². The maximum Gasteiger partial charge on any atom is 0.290 e. The van der Waals surface area contributed by atoms with Gasteiger partial charge in [-0.05, 0) is 85.4 Å². The smallest absolute Gasteiger partial charge is 0.290 e. The summed E-state index contributed by atoms with van der Waals surface area (Å²) < 4.78 is 16.8.